The highest BCUT2D eigenvalue weighted by Crippen LogP contribution is 2.28. The van der Waals surface area contributed by atoms with Gasteiger partial charge >= 0.3 is 0 Å². The summed E-state index contributed by atoms with van der Waals surface area (Å²) < 4.78 is 1.24. The van der Waals surface area contributed by atoms with Crippen LogP contribution in [0.4, 0.5) is 0 Å². The highest BCUT2D eigenvalue weighted by atomic mass is 32.2. The summed E-state index contributed by atoms with van der Waals surface area (Å²) in [5, 5.41) is 7.80. The minimum Gasteiger partial charge on any atom is -0.349 e. The number of hydrogen-bond donors (Lipinski definition) is 1. The van der Waals surface area contributed by atoms with Gasteiger partial charge in [-0.05, 0) is 44.4 Å². The van der Waals surface area contributed by atoms with Crippen LogP contribution in [0.2, 0.25) is 0 Å². The lowest BCUT2D eigenvalue weighted by Gasteiger charge is -2.29. The predicted octanol–water partition coefficient (Wildman–Crippen LogP) is 2.19. The maximum Gasteiger partial charge on any atom is 0.279 e. The average Bonchev–Trinajstić information content (AvgIpc) is 2.46. The van der Waals surface area contributed by atoms with E-state index < -0.39 is 0 Å². The number of carbonyl (C=O) groups excluding carboxylic acids is 1. The van der Waals surface area contributed by atoms with Crippen LogP contribution < -0.4 is 10.9 Å². The molecule has 22 heavy (non-hydrogen) atoms. The van der Waals surface area contributed by atoms with Crippen LogP contribution in [0.1, 0.15) is 54.2 Å². The highest BCUT2D eigenvalue weighted by molar-refractivity contribution is 7.99. The summed E-state index contributed by atoms with van der Waals surface area (Å²) in [5.74, 6) is 0.852. The molecule has 0 bridgehead atoms. The molecule has 1 amide bonds. The van der Waals surface area contributed by atoms with Gasteiger partial charge in [0.2, 0.25) is 0 Å². The first-order valence-electron chi connectivity index (χ1n) is 7.91. The second-order valence-electron chi connectivity index (χ2n) is 5.93. The summed E-state index contributed by atoms with van der Waals surface area (Å²) in [7, 11) is 1.58. The normalized spacial score (nSPS) is 21.6. The first-order valence-corrected chi connectivity index (χ1v) is 8.95. The molecule has 1 aliphatic rings. The number of nitrogens with one attached hydrogen (secondary N) is 1. The van der Waals surface area contributed by atoms with E-state index >= 15 is 0 Å². The van der Waals surface area contributed by atoms with Gasteiger partial charge < -0.3 is 5.32 Å². The third-order valence-corrected chi connectivity index (χ3v) is 5.55. The summed E-state index contributed by atoms with van der Waals surface area (Å²) in [6, 6.07) is 0.169. The molecule has 0 aromatic carbocycles. The number of hydrogen-bond acceptors (Lipinski definition) is 4. The average molecular weight is 323 g/mol. The number of nitrogens with zero attached hydrogens (tertiary/aromatic N) is 2. The Hall–Kier alpha value is -1.30. The van der Waals surface area contributed by atoms with E-state index in [9.17, 15) is 9.59 Å². The number of rotatable bonds is 4. The van der Waals surface area contributed by atoms with Crippen molar-refractivity contribution in [3.63, 3.8) is 0 Å². The third-order valence-electron chi connectivity index (χ3n) is 4.32. The quantitative estimate of drug-likeness (QED) is 0.922. The molecule has 2 rings (SSSR count). The number of thioether (sulfide) groups is 1. The number of aromatic nitrogens is 2. The van der Waals surface area contributed by atoms with Crippen molar-refractivity contribution in [2.24, 2.45) is 7.05 Å². The monoisotopic (exact) mass is 323 g/mol. The van der Waals surface area contributed by atoms with Gasteiger partial charge in [-0.25, -0.2) is 4.68 Å². The summed E-state index contributed by atoms with van der Waals surface area (Å²) in [6.45, 7) is 5.77. The van der Waals surface area contributed by atoms with E-state index in [-0.39, 0.29) is 23.1 Å². The predicted molar refractivity (Wildman–Crippen MR) is 90.6 cm³/mol. The van der Waals surface area contributed by atoms with Crippen LogP contribution in [0.3, 0.4) is 0 Å². The molecule has 0 aliphatic heterocycles. The molecule has 2 atom stereocenters. The van der Waals surface area contributed by atoms with Crippen molar-refractivity contribution < 1.29 is 4.79 Å². The molecule has 6 heteroatoms. The summed E-state index contributed by atoms with van der Waals surface area (Å²) in [6.07, 6.45) is 4.35. The molecule has 1 N–H and O–H groups in total. The fourth-order valence-electron chi connectivity index (χ4n) is 3.04. The Morgan fingerprint density at radius 1 is 1.41 bits per heavy atom. The van der Waals surface area contributed by atoms with Crippen LogP contribution in [-0.2, 0) is 7.05 Å². The number of carbonyl (C=O) groups is 1. The molecule has 5 nitrogen and oxygen atoms in total. The summed E-state index contributed by atoms with van der Waals surface area (Å²) >= 11 is 1.96. The van der Waals surface area contributed by atoms with Crippen LogP contribution in [-0.4, -0.2) is 32.7 Å². The van der Waals surface area contributed by atoms with Crippen LogP contribution in [0.5, 0.6) is 0 Å². The Balaban J connectivity index is 2.14. The first-order chi connectivity index (χ1) is 10.4. The van der Waals surface area contributed by atoms with Crippen molar-refractivity contribution in [3.8, 4) is 0 Å². The maximum atomic E-state index is 12.6. The van der Waals surface area contributed by atoms with Crippen molar-refractivity contribution in [2.75, 3.05) is 5.75 Å². The lowest BCUT2D eigenvalue weighted by atomic mass is 9.94. The highest BCUT2D eigenvalue weighted by Gasteiger charge is 2.25. The van der Waals surface area contributed by atoms with Crippen molar-refractivity contribution in [1.82, 2.24) is 15.1 Å². The largest absolute Gasteiger partial charge is 0.349 e. The van der Waals surface area contributed by atoms with Crippen LogP contribution in [0.15, 0.2) is 4.79 Å². The molecule has 2 unspecified atom stereocenters. The smallest absolute Gasteiger partial charge is 0.279 e. The topological polar surface area (TPSA) is 64.0 Å². The van der Waals surface area contributed by atoms with Gasteiger partial charge in [0.15, 0.2) is 0 Å². The standard InChI is InChI=1S/C16H25N3O2S/c1-5-22-13-8-6-7-12(9-13)17-15(20)14-10(2)11(3)18-19(4)16(14)21/h12-13H,5-9H2,1-4H3,(H,17,20). The molecule has 1 saturated carbocycles. The summed E-state index contributed by atoms with van der Waals surface area (Å²) in [5.41, 5.74) is 1.31. The van der Waals surface area contributed by atoms with Gasteiger partial charge in [-0.2, -0.15) is 16.9 Å². The van der Waals surface area contributed by atoms with E-state index in [1.54, 1.807) is 14.0 Å². The molecule has 1 aromatic rings. The van der Waals surface area contributed by atoms with Gasteiger partial charge in [0.1, 0.15) is 5.56 Å². The molecular weight excluding hydrogens is 298 g/mol. The maximum absolute atomic E-state index is 12.6. The molecule has 0 saturated heterocycles. The van der Waals surface area contributed by atoms with Crippen LogP contribution in [0.25, 0.3) is 0 Å². The van der Waals surface area contributed by atoms with Crippen LogP contribution in [0, 0.1) is 13.8 Å². The number of amides is 1. The molecular formula is C16H25N3O2S. The lowest BCUT2D eigenvalue weighted by molar-refractivity contribution is 0.0925. The zero-order valence-corrected chi connectivity index (χ0v) is 14.6. The molecule has 1 fully saturated rings. The minimum absolute atomic E-state index is 0.169. The Labute approximate surface area is 135 Å². The number of aryl methyl sites for hydroxylation is 2. The zero-order chi connectivity index (χ0) is 16.3. The first kappa shape index (κ1) is 17.1. The molecule has 1 aliphatic carbocycles. The van der Waals surface area contributed by atoms with Crippen molar-refractivity contribution >= 4 is 17.7 Å². The van der Waals surface area contributed by atoms with Crippen molar-refractivity contribution in [3.05, 3.63) is 27.2 Å². The SMILES string of the molecule is CCSC1CCCC(NC(=O)c2c(C)c(C)nn(C)c2=O)C1. The van der Waals surface area contributed by atoms with Crippen molar-refractivity contribution in [2.45, 2.75) is 57.7 Å². The fourth-order valence-corrected chi connectivity index (χ4v) is 4.21. The van der Waals surface area contributed by atoms with Gasteiger partial charge in [0.25, 0.3) is 11.5 Å². The van der Waals surface area contributed by atoms with E-state index in [0.717, 1.165) is 30.7 Å². The molecule has 122 valence electrons. The van der Waals surface area contributed by atoms with E-state index in [2.05, 4.69) is 17.3 Å². The molecule has 1 heterocycles. The Morgan fingerprint density at radius 3 is 2.82 bits per heavy atom. The van der Waals surface area contributed by atoms with E-state index in [1.165, 1.54) is 11.1 Å². The zero-order valence-electron chi connectivity index (χ0n) is 13.8. The van der Waals surface area contributed by atoms with E-state index in [0.29, 0.717) is 10.8 Å². The van der Waals surface area contributed by atoms with Gasteiger partial charge in [-0.15, -0.1) is 0 Å². The van der Waals surface area contributed by atoms with Crippen molar-refractivity contribution in [1.29, 1.82) is 0 Å². The Kier molecular flexibility index (Phi) is 5.67. The fraction of sp³-hybridized carbons (Fsp3) is 0.688. The minimum atomic E-state index is -0.323. The second kappa shape index (κ2) is 7.31. The van der Waals surface area contributed by atoms with E-state index in [4.69, 9.17) is 0 Å². The molecule has 1 aromatic heterocycles. The van der Waals surface area contributed by atoms with Gasteiger partial charge in [0.05, 0.1) is 5.69 Å². The molecule has 0 spiro atoms. The molecule has 0 radical (unpaired) electrons. The second-order valence-corrected chi connectivity index (χ2v) is 7.51. The van der Waals surface area contributed by atoms with Gasteiger partial charge in [0, 0.05) is 18.3 Å². The lowest BCUT2D eigenvalue weighted by Crippen LogP contribution is -2.42. The van der Waals surface area contributed by atoms with Gasteiger partial charge in [-0.1, -0.05) is 13.3 Å². The third kappa shape index (κ3) is 3.72. The van der Waals surface area contributed by atoms with Crippen LogP contribution >= 0.6 is 11.8 Å². The Bertz CT molecular complexity index is 610. The van der Waals surface area contributed by atoms with Gasteiger partial charge in [-0.3, -0.25) is 9.59 Å². The Morgan fingerprint density at radius 2 is 2.14 bits per heavy atom. The van der Waals surface area contributed by atoms with E-state index in [1.807, 2.05) is 18.7 Å². The summed E-state index contributed by atoms with van der Waals surface area (Å²) in [4.78, 5) is 24.8.